The van der Waals surface area contributed by atoms with E-state index in [1.54, 1.807) is 0 Å². The Bertz CT molecular complexity index is 480. The van der Waals surface area contributed by atoms with Gasteiger partial charge >= 0.3 is 0 Å². The van der Waals surface area contributed by atoms with E-state index in [4.69, 9.17) is 4.42 Å². The highest BCUT2D eigenvalue weighted by atomic mass is 16.3. The topological polar surface area (TPSA) is 30.2 Å². The van der Waals surface area contributed by atoms with Crippen LogP contribution in [0, 0.1) is 6.92 Å². The quantitative estimate of drug-likeness (QED) is 0.678. The Hall–Kier alpha value is -1.57. The third-order valence-corrected chi connectivity index (χ3v) is 2.44. The molecule has 0 spiro atoms. The lowest BCUT2D eigenvalue weighted by atomic mass is 10.1. The summed E-state index contributed by atoms with van der Waals surface area (Å²) in [5, 5.41) is 1.06. The van der Waals surface area contributed by atoms with Gasteiger partial charge in [-0.3, -0.25) is 4.79 Å². The number of hydrogen-bond donors (Lipinski definition) is 0. The van der Waals surface area contributed by atoms with E-state index in [1.807, 2.05) is 32.0 Å². The molecule has 0 aliphatic carbocycles. The van der Waals surface area contributed by atoms with Crippen molar-refractivity contribution < 1.29 is 9.21 Å². The van der Waals surface area contributed by atoms with E-state index in [0.717, 1.165) is 34.8 Å². The molecule has 0 atom stereocenters. The SMILES string of the molecule is CCc1c(C=O)oc2cc(C)ccc12. The number of furan rings is 1. The average Bonchev–Trinajstić information content (AvgIpc) is 2.54. The summed E-state index contributed by atoms with van der Waals surface area (Å²) in [6.45, 7) is 4.03. The highest BCUT2D eigenvalue weighted by Gasteiger charge is 2.11. The number of benzene rings is 1. The lowest BCUT2D eigenvalue weighted by molar-refractivity contribution is 0.110. The summed E-state index contributed by atoms with van der Waals surface area (Å²) in [5.74, 6) is 0.466. The fourth-order valence-electron chi connectivity index (χ4n) is 1.74. The van der Waals surface area contributed by atoms with Gasteiger partial charge < -0.3 is 4.42 Å². The maximum atomic E-state index is 10.7. The Labute approximate surface area is 82.5 Å². The van der Waals surface area contributed by atoms with Gasteiger partial charge in [0.1, 0.15) is 5.58 Å². The third kappa shape index (κ3) is 1.23. The zero-order chi connectivity index (χ0) is 10.1. The molecule has 1 heterocycles. The van der Waals surface area contributed by atoms with Gasteiger partial charge in [-0.1, -0.05) is 19.1 Å². The zero-order valence-corrected chi connectivity index (χ0v) is 8.33. The molecule has 0 N–H and O–H groups in total. The molecular formula is C12H12O2. The number of rotatable bonds is 2. The fourth-order valence-corrected chi connectivity index (χ4v) is 1.74. The van der Waals surface area contributed by atoms with Crippen LogP contribution in [-0.2, 0) is 6.42 Å². The first kappa shape index (κ1) is 9.00. The molecule has 2 rings (SSSR count). The van der Waals surface area contributed by atoms with Crippen LogP contribution in [-0.4, -0.2) is 6.29 Å². The van der Waals surface area contributed by atoms with Crippen LogP contribution in [0.1, 0.15) is 28.6 Å². The maximum absolute atomic E-state index is 10.7. The van der Waals surface area contributed by atoms with Crippen LogP contribution >= 0.6 is 0 Å². The molecular weight excluding hydrogens is 176 g/mol. The van der Waals surface area contributed by atoms with E-state index < -0.39 is 0 Å². The number of carbonyl (C=O) groups excluding carboxylic acids is 1. The van der Waals surface area contributed by atoms with Gasteiger partial charge in [0, 0.05) is 10.9 Å². The Morgan fingerprint density at radius 2 is 2.21 bits per heavy atom. The molecule has 2 nitrogen and oxygen atoms in total. The van der Waals surface area contributed by atoms with Crippen molar-refractivity contribution in [2.45, 2.75) is 20.3 Å². The highest BCUT2D eigenvalue weighted by molar-refractivity contribution is 5.89. The van der Waals surface area contributed by atoms with E-state index in [9.17, 15) is 4.79 Å². The van der Waals surface area contributed by atoms with E-state index in [1.165, 1.54) is 0 Å². The van der Waals surface area contributed by atoms with E-state index in [0.29, 0.717) is 5.76 Å². The van der Waals surface area contributed by atoms with Crippen molar-refractivity contribution in [2.24, 2.45) is 0 Å². The molecule has 2 aromatic rings. The average molecular weight is 188 g/mol. The summed E-state index contributed by atoms with van der Waals surface area (Å²) >= 11 is 0. The van der Waals surface area contributed by atoms with Crippen LogP contribution in [0.5, 0.6) is 0 Å². The van der Waals surface area contributed by atoms with Gasteiger partial charge in [-0.2, -0.15) is 0 Å². The van der Waals surface area contributed by atoms with Crippen molar-refractivity contribution in [3.63, 3.8) is 0 Å². The van der Waals surface area contributed by atoms with Gasteiger partial charge in [0.25, 0.3) is 0 Å². The van der Waals surface area contributed by atoms with Crippen LogP contribution in [0.15, 0.2) is 22.6 Å². The highest BCUT2D eigenvalue weighted by Crippen LogP contribution is 2.26. The van der Waals surface area contributed by atoms with Gasteiger partial charge in [-0.25, -0.2) is 0 Å². The molecule has 2 heteroatoms. The molecule has 0 fully saturated rings. The molecule has 0 aliphatic heterocycles. The lowest BCUT2D eigenvalue weighted by Gasteiger charge is -1.93. The molecule has 1 aromatic carbocycles. The van der Waals surface area contributed by atoms with Gasteiger partial charge in [0.05, 0.1) is 0 Å². The molecule has 0 bridgehead atoms. The summed E-state index contributed by atoms with van der Waals surface area (Å²) in [4.78, 5) is 10.7. The maximum Gasteiger partial charge on any atom is 0.185 e. The van der Waals surface area contributed by atoms with Crippen LogP contribution in [0.4, 0.5) is 0 Å². The minimum absolute atomic E-state index is 0.466. The molecule has 72 valence electrons. The number of aldehydes is 1. The van der Waals surface area contributed by atoms with Gasteiger partial charge in [0.2, 0.25) is 0 Å². The number of hydrogen-bond acceptors (Lipinski definition) is 2. The summed E-state index contributed by atoms with van der Waals surface area (Å²) in [7, 11) is 0. The molecule has 0 saturated heterocycles. The fraction of sp³-hybridized carbons (Fsp3) is 0.250. The summed E-state index contributed by atoms with van der Waals surface area (Å²) in [6, 6.07) is 6.01. The molecule has 0 aliphatic rings. The third-order valence-electron chi connectivity index (χ3n) is 2.44. The molecule has 0 saturated carbocycles. The minimum Gasteiger partial charge on any atom is -0.453 e. The Morgan fingerprint density at radius 3 is 2.86 bits per heavy atom. The molecule has 14 heavy (non-hydrogen) atoms. The largest absolute Gasteiger partial charge is 0.453 e. The van der Waals surface area contributed by atoms with Crippen molar-refractivity contribution in [1.29, 1.82) is 0 Å². The van der Waals surface area contributed by atoms with E-state index in [-0.39, 0.29) is 0 Å². The second-order valence-corrected chi connectivity index (χ2v) is 3.42. The van der Waals surface area contributed by atoms with E-state index in [2.05, 4.69) is 0 Å². The predicted octanol–water partition coefficient (Wildman–Crippen LogP) is 3.12. The standard InChI is InChI=1S/C12H12O2/c1-3-9-10-5-4-8(2)6-11(10)14-12(9)7-13/h4-7H,3H2,1-2H3. The second-order valence-electron chi connectivity index (χ2n) is 3.42. The molecule has 0 unspecified atom stereocenters. The molecule has 0 radical (unpaired) electrons. The Kier molecular flexibility index (Phi) is 2.12. The van der Waals surface area contributed by atoms with Crippen LogP contribution < -0.4 is 0 Å². The Balaban J connectivity index is 2.79. The van der Waals surface area contributed by atoms with Crippen molar-refractivity contribution in [1.82, 2.24) is 0 Å². The van der Waals surface area contributed by atoms with Gasteiger partial charge in [0.15, 0.2) is 12.0 Å². The number of fused-ring (bicyclic) bond motifs is 1. The lowest BCUT2D eigenvalue weighted by Crippen LogP contribution is -1.83. The van der Waals surface area contributed by atoms with Crippen molar-refractivity contribution in [3.05, 3.63) is 35.1 Å². The molecule has 1 aromatic heterocycles. The first-order valence-corrected chi connectivity index (χ1v) is 4.73. The number of carbonyl (C=O) groups is 1. The van der Waals surface area contributed by atoms with E-state index >= 15 is 0 Å². The summed E-state index contributed by atoms with van der Waals surface area (Å²) in [5.41, 5.74) is 2.96. The summed E-state index contributed by atoms with van der Waals surface area (Å²) in [6.07, 6.45) is 1.61. The van der Waals surface area contributed by atoms with Crippen LogP contribution in [0.2, 0.25) is 0 Å². The van der Waals surface area contributed by atoms with Crippen molar-refractivity contribution in [2.75, 3.05) is 0 Å². The first-order chi connectivity index (χ1) is 6.76. The zero-order valence-electron chi connectivity index (χ0n) is 8.33. The number of aryl methyl sites for hydroxylation is 2. The summed E-state index contributed by atoms with van der Waals surface area (Å²) < 4.78 is 5.45. The van der Waals surface area contributed by atoms with Crippen LogP contribution in [0.25, 0.3) is 11.0 Å². The first-order valence-electron chi connectivity index (χ1n) is 4.73. The van der Waals surface area contributed by atoms with Crippen molar-refractivity contribution in [3.8, 4) is 0 Å². The normalized spacial score (nSPS) is 10.7. The van der Waals surface area contributed by atoms with Crippen molar-refractivity contribution >= 4 is 17.3 Å². The molecule has 0 amide bonds. The van der Waals surface area contributed by atoms with Crippen LogP contribution in [0.3, 0.4) is 0 Å². The van der Waals surface area contributed by atoms with Gasteiger partial charge in [-0.15, -0.1) is 0 Å². The monoisotopic (exact) mass is 188 g/mol. The Morgan fingerprint density at radius 1 is 1.43 bits per heavy atom. The minimum atomic E-state index is 0.466. The predicted molar refractivity (Wildman–Crippen MR) is 55.7 cm³/mol. The smallest absolute Gasteiger partial charge is 0.185 e. The second kappa shape index (κ2) is 3.29. The van der Waals surface area contributed by atoms with Gasteiger partial charge in [-0.05, 0) is 25.0 Å².